The Bertz CT molecular complexity index is 267. The third kappa shape index (κ3) is 1.08. The smallest absolute Gasteiger partial charge is 0.0900 e. The molecule has 0 fully saturated rings. The van der Waals surface area contributed by atoms with Gasteiger partial charge in [-0.05, 0) is 19.8 Å². The number of fused-ring (bicyclic) bond motifs is 1. The summed E-state index contributed by atoms with van der Waals surface area (Å²) in [6.07, 6.45) is 2.41. The minimum absolute atomic E-state index is 0.551. The van der Waals surface area contributed by atoms with Crippen molar-refractivity contribution in [3.8, 4) is 0 Å². The van der Waals surface area contributed by atoms with E-state index in [-0.39, 0.29) is 0 Å². The molecule has 0 aliphatic heterocycles. The van der Waals surface area contributed by atoms with E-state index < -0.39 is 0 Å². The summed E-state index contributed by atoms with van der Waals surface area (Å²) in [6, 6.07) is 0. The van der Waals surface area contributed by atoms with Crippen LogP contribution in [0.1, 0.15) is 27.9 Å². The molecule has 0 radical (unpaired) electrons. The highest BCUT2D eigenvalue weighted by atomic mass is 32.1. The largest absolute Gasteiger partial charge is 0.330 e. The Morgan fingerprint density at radius 1 is 1.73 bits per heavy atom. The van der Waals surface area contributed by atoms with E-state index in [1.54, 1.807) is 0 Å². The summed E-state index contributed by atoms with van der Waals surface area (Å²) in [5.74, 6) is 0.551. The number of hydrogen-bond acceptors (Lipinski definition) is 3. The van der Waals surface area contributed by atoms with Crippen molar-refractivity contribution in [3.05, 3.63) is 15.6 Å². The topological polar surface area (TPSA) is 38.9 Å². The molecule has 1 aromatic rings. The van der Waals surface area contributed by atoms with Crippen molar-refractivity contribution >= 4 is 11.3 Å². The van der Waals surface area contributed by atoms with E-state index in [9.17, 15) is 0 Å². The number of nitrogens with two attached hydrogens (primary N) is 1. The Morgan fingerprint density at radius 2 is 2.55 bits per heavy atom. The molecule has 1 heterocycles. The van der Waals surface area contributed by atoms with Gasteiger partial charge in [-0.3, -0.25) is 0 Å². The number of hydrogen-bond donors (Lipinski definition) is 1. The van der Waals surface area contributed by atoms with Crippen LogP contribution in [0, 0.1) is 6.92 Å². The predicted molar refractivity (Wildman–Crippen MR) is 47.0 cm³/mol. The zero-order valence-corrected chi connectivity index (χ0v) is 7.45. The van der Waals surface area contributed by atoms with E-state index in [4.69, 9.17) is 5.73 Å². The Hall–Kier alpha value is -0.410. The molecule has 1 atom stereocenters. The van der Waals surface area contributed by atoms with Gasteiger partial charge in [-0.1, -0.05) is 0 Å². The average Bonchev–Trinajstić information content (AvgIpc) is 2.45. The van der Waals surface area contributed by atoms with Crippen LogP contribution in [0.15, 0.2) is 0 Å². The molecule has 3 heteroatoms. The van der Waals surface area contributed by atoms with Gasteiger partial charge in [0.1, 0.15) is 0 Å². The first-order valence-corrected chi connectivity index (χ1v) is 4.79. The summed E-state index contributed by atoms with van der Waals surface area (Å²) in [7, 11) is 0. The van der Waals surface area contributed by atoms with Crippen LogP contribution in [0.3, 0.4) is 0 Å². The summed E-state index contributed by atoms with van der Waals surface area (Å²) in [4.78, 5) is 5.95. The van der Waals surface area contributed by atoms with Crippen LogP contribution in [0.2, 0.25) is 0 Å². The number of rotatable bonds is 1. The molecule has 1 aliphatic carbocycles. The lowest BCUT2D eigenvalue weighted by Gasteiger charge is -2.02. The molecule has 0 aromatic carbocycles. The Labute approximate surface area is 70.5 Å². The Balaban J connectivity index is 2.37. The quantitative estimate of drug-likeness (QED) is 0.689. The maximum atomic E-state index is 5.62. The highest BCUT2D eigenvalue weighted by Gasteiger charge is 2.24. The van der Waals surface area contributed by atoms with Gasteiger partial charge in [-0.15, -0.1) is 11.3 Å². The summed E-state index contributed by atoms with van der Waals surface area (Å²) < 4.78 is 0. The van der Waals surface area contributed by atoms with Crippen molar-refractivity contribution < 1.29 is 0 Å². The lowest BCUT2D eigenvalue weighted by molar-refractivity contribution is 0.673. The van der Waals surface area contributed by atoms with Gasteiger partial charge < -0.3 is 5.73 Å². The van der Waals surface area contributed by atoms with Crippen LogP contribution in [0.25, 0.3) is 0 Å². The van der Waals surface area contributed by atoms with Crippen molar-refractivity contribution in [2.75, 3.05) is 6.54 Å². The molecule has 60 valence electrons. The summed E-state index contributed by atoms with van der Waals surface area (Å²) in [5, 5.41) is 1.19. The van der Waals surface area contributed by atoms with Crippen LogP contribution in [-0.2, 0) is 6.42 Å². The Kier molecular flexibility index (Phi) is 1.69. The fourth-order valence-electron chi connectivity index (χ4n) is 1.65. The molecule has 0 saturated heterocycles. The van der Waals surface area contributed by atoms with Gasteiger partial charge in [0.2, 0.25) is 0 Å². The zero-order chi connectivity index (χ0) is 7.84. The fraction of sp³-hybridized carbons (Fsp3) is 0.625. The average molecular weight is 168 g/mol. The van der Waals surface area contributed by atoms with Gasteiger partial charge in [0, 0.05) is 17.3 Å². The molecule has 0 saturated carbocycles. The van der Waals surface area contributed by atoms with Gasteiger partial charge in [0.15, 0.2) is 0 Å². The number of thiazole rings is 1. The van der Waals surface area contributed by atoms with E-state index in [0.717, 1.165) is 6.54 Å². The molecular weight excluding hydrogens is 156 g/mol. The first-order chi connectivity index (χ1) is 5.31. The third-order valence-corrected chi connectivity index (χ3v) is 3.27. The molecule has 2 N–H and O–H groups in total. The summed E-state index contributed by atoms with van der Waals surface area (Å²) in [5.41, 5.74) is 6.91. The minimum Gasteiger partial charge on any atom is -0.330 e. The number of nitrogens with zero attached hydrogens (tertiary/aromatic N) is 1. The first kappa shape index (κ1) is 7.25. The van der Waals surface area contributed by atoms with Gasteiger partial charge in [-0.2, -0.15) is 0 Å². The maximum absolute atomic E-state index is 5.62. The van der Waals surface area contributed by atoms with E-state index in [0.29, 0.717) is 5.92 Å². The lowest BCUT2D eigenvalue weighted by atomic mass is 10.1. The maximum Gasteiger partial charge on any atom is 0.0900 e. The molecule has 0 spiro atoms. The van der Waals surface area contributed by atoms with Crippen molar-refractivity contribution in [2.45, 2.75) is 25.7 Å². The molecular formula is C8H12N2S. The van der Waals surface area contributed by atoms with Crippen molar-refractivity contribution in [2.24, 2.45) is 5.73 Å². The van der Waals surface area contributed by atoms with E-state index >= 15 is 0 Å². The van der Waals surface area contributed by atoms with E-state index in [1.165, 1.54) is 28.4 Å². The van der Waals surface area contributed by atoms with Crippen molar-refractivity contribution in [3.63, 3.8) is 0 Å². The van der Waals surface area contributed by atoms with Gasteiger partial charge in [0.25, 0.3) is 0 Å². The van der Waals surface area contributed by atoms with Gasteiger partial charge in [-0.25, -0.2) is 4.98 Å². The standard InChI is InChI=1S/C8H12N2S/c1-5-10-8-6(4-9)2-3-7(8)11-5/h6H,2-4,9H2,1H3. The molecule has 2 nitrogen and oxygen atoms in total. The molecule has 1 unspecified atom stereocenters. The van der Waals surface area contributed by atoms with Crippen molar-refractivity contribution in [1.29, 1.82) is 0 Å². The van der Waals surface area contributed by atoms with Crippen molar-refractivity contribution in [1.82, 2.24) is 4.98 Å². The zero-order valence-electron chi connectivity index (χ0n) is 6.63. The van der Waals surface area contributed by atoms with Crippen LogP contribution < -0.4 is 5.73 Å². The fourth-order valence-corrected chi connectivity index (χ4v) is 2.69. The SMILES string of the molecule is Cc1nc2c(s1)CCC2CN. The van der Waals surface area contributed by atoms with E-state index in [2.05, 4.69) is 11.9 Å². The monoisotopic (exact) mass is 168 g/mol. The number of aromatic nitrogens is 1. The highest BCUT2D eigenvalue weighted by molar-refractivity contribution is 7.11. The van der Waals surface area contributed by atoms with E-state index in [1.807, 2.05) is 11.3 Å². The normalized spacial score (nSPS) is 22.2. The summed E-state index contributed by atoms with van der Waals surface area (Å²) in [6.45, 7) is 2.83. The molecule has 0 amide bonds. The lowest BCUT2D eigenvalue weighted by Crippen LogP contribution is -2.09. The predicted octanol–water partition coefficient (Wildman–Crippen LogP) is 1.44. The van der Waals surface area contributed by atoms with Crippen LogP contribution in [0.5, 0.6) is 0 Å². The second kappa shape index (κ2) is 2.57. The second-order valence-electron chi connectivity index (χ2n) is 3.01. The van der Waals surface area contributed by atoms with Gasteiger partial charge in [0.05, 0.1) is 10.7 Å². The molecule has 0 bridgehead atoms. The van der Waals surface area contributed by atoms with Crippen LogP contribution >= 0.6 is 11.3 Å². The van der Waals surface area contributed by atoms with Crippen LogP contribution in [0.4, 0.5) is 0 Å². The minimum atomic E-state index is 0.551. The third-order valence-electron chi connectivity index (χ3n) is 2.23. The highest BCUT2D eigenvalue weighted by Crippen LogP contribution is 2.35. The molecule has 11 heavy (non-hydrogen) atoms. The second-order valence-corrected chi connectivity index (χ2v) is 4.30. The van der Waals surface area contributed by atoms with Crippen LogP contribution in [-0.4, -0.2) is 11.5 Å². The molecule has 2 rings (SSSR count). The molecule has 1 aromatic heterocycles. The first-order valence-electron chi connectivity index (χ1n) is 3.97. The summed E-state index contributed by atoms with van der Waals surface area (Å²) >= 11 is 1.83. The van der Waals surface area contributed by atoms with Gasteiger partial charge >= 0.3 is 0 Å². The number of aryl methyl sites for hydroxylation is 2. The molecule has 1 aliphatic rings. The Morgan fingerprint density at radius 3 is 3.27 bits per heavy atom.